The van der Waals surface area contributed by atoms with Crippen molar-refractivity contribution in [3.63, 3.8) is 0 Å². The van der Waals surface area contributed by atoms with Crippen LogP contribution in [0.4, 0.5) is 4.39 Å². The van der Waals surface area contributed by atoms with E-state index >= 15 is 0 Å². The molecule has 0 aromatic heterocycles. The summed E-state index contributed by atoms with van der Waals surface area (Å²) in [7, 11) is 0. The number of nitrogens with one attached hydrogen (secondary N) is 1. The van der Waals surface area contributed by atoms with E-state index in [-0.39, 0.29) is 11.9 Å². The van der Waals surface area contributed by atoms with E-state index in [2.05, 4.69) is 21.2 Å². The van der Waals surface area contributed by atoms with Crippen molar-refractivity contribution in [1.29, 1.82) is 0 Å². The molecule has 0 saturated carbocycles. The average molecular weight is 391 g/mol. The third-order valence-corrected chi connectivity index (χ3v) is 4.89. The Morgan fingerprint density at radius 2 is 1.90 bits per heavy atom. The van der Waals surface area contributed by atoms with Crippen molar-refractivity contribution in [3.05, 3.63) is 67.4 Å². The van der Waals surface area contributed by atoms with E-state index in [1.54, 1.807) is 6.07 Å². The first kappa shape index (κ1) is 16.8. The fourth-order valence-electron chi connectivity index (χ4n) is 2.16. The quantitative estimate of drug-likeness (QED) is 0.640. The minimum absolute atomic E-state index is 0.293. The lowest BCUT2D eigenvalue weighted by molar-refractivity contribution is 0.558. The summed E-state index contributed by atoms with van der Waals surface area (Å²) in [5.41, 5.74) is 2.40. The number of halogens is 4. The van der Waals surface area contributed by atoms with E-state index < -0.39 is 0 Å². The van der Waals surface area contributed by atoms with Crippen LogP contribution in [-0.4, -0.2) is 6.54 Å². The number of hydrogen-bond acceptors (Lipinski definition) is 1. The molecular formula is C16H15BrCl2FN. The van der Waals surface area contributed by atoms with Gasteiger partial charge in [-0.3, -0.25) is 0 Å². The zero-order valence-electron chi connectivity index (χ0n) is 11.7. The van der Waals surface area contributed by atoms with Gasteiger partial charge in [0.25, 0.3) is 0 Å². The highest BCUT2D eigenvalue weighted by atomic mass is 79.9. The van der Waals surface area contributed by atoms with Crippen molar-refractivity contribution in [1.82, 2.24) is 5.32 Å². The Hall–Kier alpha value is -0.610. The van der Waals surface area contributed by atoms with Gasteiger partial charge in [-0.15, -0.1) is 0 Å². The van der Waals surface area contributed by atoms with Gasteiger partial charge in [-0.1, -0.05) is 42.3 Å². The predicted octanol–water partition coefficient (Wildman–Crippen LogP) is 5.90. The fraction of sp³-hybridized carbons (Fsp3) is 0.250. The molecule has 0 aliphatic rings. The second-order valence-corrected chi connectivity index (χ2v) is 6.46. The van der Waals surface area contributed by atoms with Crippen LogP contribution < -0.4 is 5.32 Å². The lowest BCUT2D eigenvalue weighted by Crippen LogP contribution is -2.23. The number of benzene rings is 2. The van der Waals surface area contributed by atoms with Gasteiger partial charge in [0.1, 0.15) is 5.82 Å². The van der Waals surface area contributed by atoms with Crippen LogP contribution in [0, 0.1) is 12.7 Å². The average Bonchev–Trinajstić information content (AvgIpc) is 2.44. The van der Waals surface area contributed by atoms with Crippen molar-refractivity contribution in [2.45, 2.75) is 19.9 Å². The molecule has 1 unspecified atom stereocenters. The van der Waals surface area contributed by atoms with Crippen molar-refractivity contribution in [3.8, 4) is 0 Å². The Kier molecular flexibility index (Phi) is 5.67. The maximum atomic E-state index is 14.3. The molecule has 5 heteroatoms. The summed E-state index contributed by atoms with van der Waals surface area (Å²) in [4.78, 5) is 0. The van der Waals surface area contributed by atoms with Crippen molar-refractivity contribution < 1.29 is 4.39 Å². The molecule has 0 aliphatic heterocycles. The van der Waals surface area contributed by atoms with Gasteiger partial charge in [-0.25, -0.2) is 4.39 Å². The third-order valence-electron chi connectivity index (χ3n) is 3.29. The van der Waals surface area contributed by atoms with E-state index in [9.17, 15) is 4.39 Å². The van der Waals surface area contributed by atoms with E-state index in [0.29, 0.717) is 26.6 Å². The number of aryl methyl sites for hydroxylation is 1. The van der Waals surface area contributed by atoms with Crippen LogP contribution in [0.25, 0.3) is 0 Å². The molecule has 0 bridgehead atoms. The van der Waals surface area contributed by atoms with Gasteiger partial charge in [-0.2, -0.15) is 0 Å². The first-order valence-corrected chi connectivity index (χ1v) is 8.12. The van der Waals surface area contributed by atoms with Gasteiger partial charge in [-0.05, 0) is 58.7 Å². The smallest absolute Gasteiger partial charge is 0.129 e. The zero-order chi connectivity index (χ0) is 15.6. The molecule has 2 aromatic carbocycles. The molecule has 1 atom stereocenters. The number of hydrogen-bond donors (Lipinski definition) is 1. The van der Waals surface area contributed by atoms with E-state index in [4.69, 9.17) is 23.2 Å². The molecule has 2 aromatic rings. The maximum absolute atomic E-state index is 14.3. The second kappa shape index (κ2) is 7.10. The van der Waals surface area contributed by atoms with Crippen LogP contribution >= 0.6 is 39.1 Å². The summed E-state index contributed by atoms with van der Waals surface area (Å²) in [5.74, 6) is -0.311. The van der Waals surface area contributed by atoms with Gasteiger partial charge in [0, 0.05) is 15.1 Å². The highest BCUT2D eigenvalue weighted by Crippen LogP contribution is 2.32. The lowest BCUT2D eigenvalue weighted by Gasteiger charge is -2.21. The third kappa shape index (κ3) is 3.78. The van der Waals surface area contributed by atoms with Gasteiger partial charge in [0.2, 0.25) is 0 Å². The Morgan fingerprint density at radius 3 is 2.52 bits per heavy atom. The van der Waals surface area contributed by atoms with Crippen molar-refractivity contribution in [2.75, 3.05) is 6.54 Å². The molecule has 0 heterocycles. The molecule has 112 valence electrons. The minimum Gasteiger partial charge on any atom is -0.306 e. The van der Waals surface area contributed by atoms with Crippen LogP contribution in [0.15, 0.2) is 34.8 Å². The second-order valence-electron chi connectivity index (χ2n) is 4.79. The molecule has 0 saturated heterocycles. The Bertz CT molecular complexity index is 661. The maximum Gasteiger partial charge on any atom is 0.129 e. The van der Waals surface area contributed by atoms with Crippen LogP contribution in [0.3, 0.4) is 0 Å². The predicted molar refractivity (Wildman–Crippen MR) is 90.8 cm³/mol. The molecule has 0 fully saturated rings. The van der Waals surface area contributed by atoms with Crippen molar-refractivity contribution >= 4 is 39.1 Å². The molecule has 21 heavy (non-hydrogen) atoms. The first-order valence-electron chi connectivity index (χ1n) is 6.58. The topological polar surface area (TPSA) is 12.0 Å². The van der Waals surface area contributed by atoms with Gasteiger partial charge >= 0.3 is 0 Å². The summed E-state index contributed by atoms with van der Waals surface area (Å²) in [6.07, 6.45) is 0. The highest BCUT2D eigenvalue weighted by molar-refractivity contribution is 9.10. The van der Waals surface area contributed by atoms with Gasteiger partial charge in [0.15, 0.2) is 0 Å². The van der Waals surface area contributed by atoms with Crippen LogP contribution in [-0.2, 0) is 0 Å². The number of rotatable bonds is 4. The Balaban J connectivity index is 2.52. The fourth-order valence-corrected chi connectivity index (χ4v) is 2.84. The summed E-state index contributed by atoms with van der Waals surface area (Å²) in [5, 5.41) is 4.42. The van der Waals surface area contributed by atoms with E-state index in [1.165, 1.54) is 6.07 Å². The molecule has 0 spiro atoms. The van der Waals surface area contributed by atoms with Crippen LogP contribution in [0.5, 0.6) is 0 Å². The van der Waals surface area contributed by atoms with Crippen LogP contribution in [0.2, 0.25) is 10.0 Å². The SMILES string of the molecule is CCNC(c1ccc(C)c(Cl)c1)c1cc(Cl)c(Br)cc1F. The monoisotopic (exact) mass is 389 g/mol. The summed E-state index contributed by atoms with van der Waals surface area (Å²) < 4.78 is 14.9. The van der Waals surface area contributed by atoms with Crippen molar-refractivity contribution in [2.24, 2.45) is 0 Å². The van der Waals surface area contributed by atoms with E-state index in [1.807, 2.05) is 32.0 Å². The zero-order valence-corrected chi connectivity index (χ0v) is 14.8. The summed E-state index contributed by atoms with van der Waals surface area (Å²) in [6.45, 7) is 4.61. The molecule has 0 aliphatic carbocycles. The standard InChI is InChI=1S/C16H15BrCl2FN/c1-3-21-16(10-5-4-9(2)13(18)6-10)11-7-14(19)12(17)8-15(11)20/h4-8,16,21H,3H2,1-2H3. The van der Waals surface area contributed by atoms with E-state index in [0.717, 1.165) is 11.1 Å². The summed E-state index contributed by atoms with van der Waals surface area (Å²) in [6, 6.07) is 8.47. The molecule has 0 amide bonds. The largest absolute Gasteiger partial charge is 0.306 e. The molecule has 0 radical (unpaired) electrons. The molecule has 2 rings (SSSR count). The summed E-state index contributed by atoms with van der Waals surface area (Å²) >= 11 is 15.5. The highest BCUT2D eigenvalue weighted by Gasteiger charge is 2.19. The lowest BCUT2D eigenvalue weighted by atomic mass is 9.97. The molecule has 1 nitrogen and oxygen atoms in total. The Labute approximate surface area is 142 Å². The molecule has 1 N–H and O–H groups in total. The Morgan fingerprint density at radius 1 is 1.19 bits per heavy atom. The van der Waals surface area contributed by atoms with Crippen LogP contribution in [0.1, 0.15) is 29.7 Å². The minimum atomic E-state index is -0.311. The first-order chi connectivity index (χ1) is 9.93. The van der Waals surface area contributed by atoms with Gasteiger partial charge in [0.05, 0.1) is 11.1 Å². The normalized spacial score (nSPS) is 12.5. The van der Waals surface area contributed by atoms with Gasteiger partial charge < -0.3 is 5.32 Å². The molecular weight excluding hydrogens is 376 g/mol.